The van der Waals surface area contributed by atoms with E-state index >= 15 is 0 Å². The quantitative estimate of drug-likeness (QED) is 0.943. The molecule has 0 unspecified atom stereocenters. The van der Waals surface area contributed by atoms with Crippen molar-refractivity contribution < 1.29 is 14.3 Å². The van der Waals surface area contributed by atoms with Crippen LogP contribution >= 0.6 is 0 Å². The Morgan fingerprint density at radius 1 is 1.12 bits per heavy atom. The summed E-state index contributed by atoms with van der Waals surface area (Å²) < 4.78 is 13.8. The van der Waals surface area contributed by atoms with Gasteiger partial charge in [0.2, 0.25) is 0 Å². The standard InChI is InChI=1S/C19H19FN2O2/c20-15-4-7-17-18(11-15)22(9-8-21(17)16-5-6-16)19(24)14-3-1-2-13(10-14)12-23/h1-4,7,10-11,16,23H,5-6,8-9,12H2. The molecule has 0 aromatic heterocycles. The maximum Gasteiger partial charge on any atom is 0.258 e. The van der Waals surface area contributed by atoms with Crippen LogP contribution in [0.4, 0.5) is 15.8 Å². The van der Waals surface area contributed by atoms with E-state index in [1.165, 1.54) is 12.1 Å². The molecule has 2 aliphatic rings. The van der Waals surface area contributed by atoms with Crippen LogP contribution in [0, 0.1) is 5.82 Å². The Hall–Kier alpha value is -2.40. The van der Waals surface area contributed by atoms with Crippen LogP contribution in [0.2, 0.25) is 0 Å². The Bertz CT molecular complexity index is 789. The molecule has 0 spiro atoms. The maximum atomic E-state index is 13.8. The van der Waals surface area contributed by atoms with Gasteiger partial charge in [0.1, 0.15) is 5.82 Å². The lowest BCUT2D eigenvalue weighted by Gasteiger charge is -2.38. The predicted octanol–water partition coefficient (Wildman–Crippen LogP) is 2.95. The summed E-state index contributed by atoms with van der Waals surface area (Å²) in [5.41, 5.74) is 2.76. The van der Waals surface area contributed by atoms with Gasteiger partial charge >= 0.3 is 0 Å². The van der Waals surface area contributed by atoms with Gasteiger partial charge in [-0.25, -0.2) is 4.39 Å². The molecule has 5 heteroatoms. The minimum atomic E-state index is -0.340. The maximum absolute atomic E-state index is 13.8. The summed E-state index contributed by atoms with van der Waals surface area (Å²) >= 11 is 0. The minimum absolute atomic E-state index is 0.109. The molecule has 124 valence electrons. The minimum Gasteiger partial charge on any atom is -0.392 e. The third-order valence-corrected chi connectivity index (χ3v) is 4.69. The van der Waals surface area contributed by atoms with Gasteiger partial charge in [0.15, 0.2) is 0 Å². The summed E-state index contributed by atoms with van der Waals surface area (Å²) in [5.74, 6) is -0.499. The van der Waals surface area contributed by atoms with Crippen molar-refractivity contribution in [1.82, 2.24) is 0 Å². The van der Waals surface area contributed by atoms with Crippen LogP contribution in [0.25, 0.3) is 0 Å². The number of benzene rings is 2. The van der Waals surface area contributed by atoms with E-state index in [-0.39, 0.29) is 18.3 Å². The number of carbonyl (C=O) groups excluding carboxylic acids is 1. The molecule has 0 saturated heterocycles. The predicted molar refractivity (Wildman–Crippen MR) is 90.8 cm³/mol. The molecule has 2 aromatic rings. The monoisotopic (exact) mass is 326 g/mol. The topological polar surface area (TPSA) is 43.8 Å². The number of hydrogen-bond donors (Lipinski definition) is 1. The Kier molecular flexibility index (Phi) is 3.73. The number of aliphatic hydroxyl groups is 1. The molecule has 1 fully saturated rings. The Balaban J connectivity index is 1.71. The number of amides is 1. The zero-order chi connectivity index (χ0) is 16.7. The van der Waals surface area contributed by atoms with Crippen molar-refractivity contribution in [2.24, 2.45) is 0 Å². The van der Waals surface area contributed by atoms with E-state index in [0.29, 0.717) is 29.4 Å². The molecular formula is C19H19FN2O2. The van der Waals surface area contributed by atoms with E-state index in [1.807, 2.05) is 0 Å². The van der Waals surface area contributed by atoms with Crippen LogP contribution < -0.4 is 9.80 Å². The Labute approximate surface area is 140 Å². The lowest BCUT2D eigenvalue weighted by Crippen LogP contribution is -2.45. The molecule has 0 atom stereocenters. The fourth-order valence-corrected chi connectivity index (χ4v) is 3.34. The van der Waals surface area contributed by atoms with E-state index in [1.54, 1.807) is 35.2 Å². The van der Waals surface area contributed by atoms with Gasteiger partial charge in [0.25, 0.3) is 5.91 Å². The lowest BCUT2D eigenvalue weighted by atomic mass is 10.1. The van der Waals surface area contributed by atoms with Crippen LogP contribution in [0.15, 0.2) is 42.5 Å². The van der Waals surface area contributed by atoms with E-state index < -0.39 is 0 Å². The van der Waals surface area contributed by atoms with Crippen LogP contribution in [-0.4, -0.2) is 30.1 Å². The highest BCUT2D eigenvalue weighted by atomic mass is 19.1. The van der Waals surface area contributed by atoms with Crippen LogP contribution in [0.3, 0.4) is 0 Å². The molecule has 1 saturated carbocycles. The number of carbonyl (C=O) groups is 1. The van der Waals surface area contributed by atoms with Gasteiger partial charge in [-0.05, 0) is 48.7 Å². The molecule has 1 heterocycles. The van der Waals surface area contributed by atoms with Crippen molar-refractivity contribution in [3.63, 3.8) is 0 Å². The highest BCUT2D eigenvalue weighted by Gasteiger charge is 2.35. The average molecular weight is 326 g/mol. The van der Waals surface area contributed by atoms with E-state index in [2.05, 4.69) is 4.90 Å². The summed E-state index contributed by atoms with van der Waals surface area (Å²) in [5, 5.41) is 9.27. The molecule has 4 rings (SSSR count). The van der Waals surface area contributed by atoms with Crippen molar-refractivity contribution in [2.45, 2.75) is 25.5 Å². The molecule has 24 heavy (non-hydrogen) atoms. The molecule has 1 aliphatic heterocycles. The molecule has 2 aromatic carbocycles. The van der Waals surface area contributed by atoms with Crippen molar-refractivity contribution in [3.05, 3.63) is 59.4 Å². The van der Waals surface area contributed by atoms with Gasteiger partial charge in [0, 0.05) is 24.7 Å². The second kappa shape index (κ2) is 5.91. The van der Waals surface area contributed by atoms with Crippen LogP contribution in [0.1, 0.15) is 28.8 Å². The van der Waals surface area contributed by atoms with Gasteiger partial charge in [0.05, 0.1) is 18.0 Å². The first-order valence-corrected chi connectivity index (χ1v) is 8.25. The molecule has 1 N–H and O–H groups in total. The van der Waals surface area contributed by atoms with Crippen molar-refractivity contribution in [3.8, 4) is 0 Å². The second-order valence-corrected chi connectivity index (χ2v) is 6.37. The van der Waals surface area contributed by atoms with Gasteiger partial charge in [-0.15, -0.1) is 0 Å². The fourth-order valence-electron chi connectivity index (χ4n) is 3.34. The summed E-state index contributed by atoms with van der Waals surface area (Å²) in [6.07, 6.45) is 2.31. The van der Waals surface area contributed by atoms with E-state index in [0.717, 1.165) is 25.1 Å². The first-order chi connectivity index (χ1) is 11.7. The molecule has 1 aliphatic carbocycles. The van der Waals surface area contributed by atoms with Crippen molar-refractivity contribution in [1.29, 1.82) is 0 Å². The molecule has 0 radical (unpaired) electrons. The first-order valence-electron chi connectivity index (χ1n) is 8.25. The smallest absolute Gasteiger partial charge is 0.258 e. The third-order valence-electron chi connectivity index (χ3n) is 4.69. The Morgan fingerprint density at radius 2 is 1.96 bits per heavy atom. The van der Waals surface area contributed by atoms with E-state index in [9.17, 15) is 14.3 Å². The Morgan fingerprint density at radius 3 is 2.71 bits per heavy atom. The van der Waals surface area contributed by atoms with Crippen LogP contribution in [-0.2, 0) is 6.61 Å². The number of anilines is 2. The van der Waals surface area contributed by atoms with Gasteiger partial charge in [-0.1, -0.05) is 12.1 Å². The summed E-state index contributed by atoms with van der Waals surface area (Å²) in [6, 6.07) is 12.1. The molecule has 4 nitrogen and oxygen atoms in total. The SMILES string of the molecule is O=C(c1cccc(CO)c1)N1CCN(C2CC2)c2ccc(F)cc21. The first kappa shape index (κ1) is 15.1. The number of rotatable bonds is 3. The number of nitrogens with zero attached hydrogens (tertiary/aromatic N) is 2. The number of aliphatic hydroxyl groups excluding tert-OH is 1. The second-order valence-electron chi connectivity index (χ2n) is 6.37. The molecular weight excluding hydrogens is 307 g/mol. The summed E-state index contributed by atoms with van der Waals surface area (Å²) in [4.78, 5) is 16.9. The van der Waals surface area contributed by atoms with Crippen molar-refractivity contribution in [2.75, 3.05) is 22.9 Å². The zero-order valence-electron chi connectivity index (χ0n) is 13.3. The molecule has 1 amide bonds. The number of hydrogen-bond acceptors (Lipinski definition) is 3. The van der Waals surface area contributed by atoms with Gasteiger partial charge in [-0.2, -0.15) is 0 Å². The highest BCUT2D eigenvalue weighted by Crippen LogP contribution is 2.40. The summed E-state index contributed by atoms with van der Waals surface area (Å²) in [6.45, 7) is 1.19. The number of halogens is 1. The third kappa shape index (κ3) is 2.65. The lowest BCUT2D eigenvalue weighted by molar-refractivity contribution is 0.0986. The van der Waals surface area contributed by atoms with Gasteiger partial charge in [-0.3, -0.25) is 4.79 Å². The summed E-state index contributed by atoms with van der Waals surface area (Å²) in [7, 11) is 0. The van der Waals surface area contributed by atoms with E-state index in [4.69, 9.17) is 0 Å². The average Bonchev–Trinajstić information content (AvgIpc) is 3.45. The zero-order valence-corrected chi connectivity index (χ0v) is 13.3. The largest absolute Gasteiger partial charge is 0.392 e. The van der Waals surface area contributed by atoms with Crippen LogP contribution in [0.5, 0.6) is 0 Å². The normalized spacial score (nSPS) is 16.9. The van der Waals surface area contributed by atoms with Gasteiger partial charge < -0.3 is 14.9 Å². The highest BCUT2D eigenvalue weighted by molar-refractivity contribution is 6.08. The number of fused-ring (bicyclic) bond motifs is 1. The van der Waals surface area contributed by atoms with Crippen molar-refractivity contribution >= 4 is 17.3 Å². The molecule has 0 bridgehead atoms. The fraction of sp³-hybridized carbons (Fsp3) is 0.316.